The van der Waals surface area contributed by atoms with Gasteiger partial charge in [-0.15, -0.1) is 11.3 Å². The van der Waals surface area contributed by atoms with Gasteiger partial charge in [0, 0.05) is 28.1 Å². The molecule has 1 heterocycles. The summed E-state index contributed by atoms with van der Waals surface area (Å²) in [6.07, 6.45) is 4.17. The normalized spacial score (nSPS) is 17.9. The van der Waals surface area contributed by atoms with E-state index in [2.05, 4.69) is 44.4 Å². The van der Waals surface area contributed by atoms with Crippen molar-refractivity contribution in [3.8, 4) is 0 Å². The van der Waals surface area contributed by atoms with Gasteiger partial charge < -0.3 is 11.1 Å². The number of halogens is 1. The molecule has 2 aromatic rings. The van der Waals surface area contributed by atoms with E-state index in [4.69, 9.17) is 5.73 Å². The van der Waals surface area contributed by atoms with E-state index in [0.717, 1.165) is 17.4 Å². The second kappa shape index (κ2) is 4.99. The number of nitrogens with zero attached hydrogens (tertiary/aromatic N) is 1. The number of benzene rings is 1. The van der Waals surface area contributed by atoms with Crippen molar-refractivity contribution in [1.82, 2.24) is 10.3 Å². The van der Waals surface area contributed by atoms with E-state index < -0.39 is 0 Å². The first-order valence-corrected chi connectivity index (χ1v) is 7.55. The second-order valence-electron chi connectivity index (χ2n) is 4.48. The van der Waals surface area contributed by atoms with Crippen LogP contribution in [0.1, 0.15) is 28.5 Å². The zero-order valence-electron chi connectivity index (χ0n) is 9.82. The second-order valence-corrected chi connectivity index (χ2v) is 6.54. The largest absolute Gasteiger partial charge is 0.375 e. The Morgan fingerprint density at radius 2 is 2.39 bits per heavy atom. The van der Waals surface area contributed by atoms with Gasteiger partial charge in [0.15, 0.2) is 5.13 Å². The van der Waals surface area contributed by atoms with Crippen LogP contribution >= 0.6 is 27.3 Å². The van der Waals surface area contributed by atoms with Gasteiger partial charge in [-0.2, -0.15) is 0 Å². The lowest BCUT2D eigenvalue weighted by Crippen LogP contribution is -2.17. The predicted molar refractivity (Wildman–Crippen MR) is 78.6 cm³/mol. The molecule has 1 aliphatic carbocycles. The molecule has 0 saturated heterocycles. The lowest BCUT2D eigenvalue weighted by atomic mass is 10.1. The summed E-state index contributed by atoms with van der Waals surface area (Å²) in [5.41, 5.74) is 8.51. The third-order valence-electron chi connectivity index (χ3n) is 3.28. The number of hydrogen-bond acceptors (Lipinski definition) is 4. The number of fused-ring (bicyclic) bond motifs is 1. The molecule has 1 aromatic heterocycles. The lowest BCUT2D eigenvalue weighted by molar-refractivity contribution is 0.533. The Hall–Kier alpha value is -0.910. The van der Waals surface area contributed by atoms with Crippen LogP contribution in [0.3, 0.4) is 0 Å². The average molecular weight is 324 g/mol. The maximum Gasteiger partial charge on any atom is 0.180 e. The molecule has 18 heavy (non-hydrogen) atoms. The summed E-state index contributed by atoms with van der Waals surface area (Å²) in [6, 6.07) is 7.01. The summed E-state index contributed by atoms with van der Waals surface area (Å²) in [7, 11) is 0. The van der Waals surface area contributed by atoms with Crippen molar-refractivity contribution in [3.63, 3.8) is 0 Å². The molecule has 0 spiro atoms. The molecule has 1 atom stereocenters. The van der Waals surface area contributed by atoms with Gasteiger partial charge in [-0.3, -0.25) is 0 Å². The fraction of sp³-hybridized carbons (Fsp3) is 0.308. The highest BCUT2D eigenvalue weighted by atomic mass is 79.9. The number of rotatable bonds is 3. The Kier molecular flexibility index (Phi) is 3.37. The highest BCUT2D eigenvalue weighted by Crippen LogP contribution is 2.33. The van der Waals surface area contributed by atoms with Gasteiger partial charge in [0.2, 0.25) is 0 Å². The van der Waals surface area contributed by atoms with Crippen LogP contribution in [0.25, 0.3) is 0 Å². The van der Waals surface area contributed by atoms with Crippen molar-refractivity contribution < 1.29 is 0 Å². The predicted octanol–water partition coefficient (Wildman–Crippen LogP) is 3.26. The molecule has 1 aliphatic rings. The summed E-state index contributed by atoms with van der Waals surface area (Å²) in [4.78, 5) is 5.26. The maximum absolute atomic E-state index is 5.63. The van der Waals surface area contributed by atoms with Crippen molar-refractivity contribution in [1.29, 1.82) is 0 Å². The molecule has 1 aromatic carbocycles. The van der Waals surface area contributed by atoms with Crippen LogP contribution in [-0.4, -0.2) is 4.98 Å². The molecule has 0 amide bonds. The molecular weight excluding hydrogens is 310 g/mol. The van der Waals surface area contributed by atoms with Gasteiger partial charge in [-0.1, -0.05) is 22.0 Å². The van der Waals surface area contributed by atoms with E-state index in [1.807, 2.05) is 6.20 Å². The first-order chi connectivity index (χ1) is 8.72. The number of aromatic nitrogens is 1. The summed E-state index contributed by atoms with van der Waals surface area (Å²) in [6.45, 7) is 0.842. The fourth-order valence-corrected chi connectivity index (χ4v) is 3.47. The average Bonchev–Trinajstić information content (AvgIpc) is 2.92. The zero-order valence-corrected chi connectivity index (χ0v) is 12.2. The quantitative estimate of drug-likeness (QED) is 0.911. The van der Waals surface area contributed by atoms with Crippen LogP contribution in [0.2, 0.25) is 0 Å². The summed E-state index contributed by atoms with van der Waals surface area (Å²) < 4.78 is 1.16. The molecule has 1 unspecified atom stereocenters. The molecule has 0 aliphatic heterocycles. The van der Waals surface area contributed by atoms with Crippen LogP contribution in [-0.2, 0) is 13.0 Å². The summed E-state index contributed by atoms with van der Waals surface area (Å²) >= 11 is 5.07. The van der Waals surface area contributed by atoms with E-state index in [0.29, 0.717) is 11.2 Å². The molecule has 3 N–H and O–H groups in total. The van der Waals surface area contributed by atoms with Crippen LogP contribution in [0.15, 0.2) is 28.9 Å². The van der Waals surface area contributed by atoms with E-state index in [1.54, 1.807) is 11.3 Å². The van der Waals surface area contributed by atoms with E-state index >= 15 is 0 Å². The summed E-state index contributed by atoms with van der Waals surface area (Å²) in [5.74, 6) is 0. The van der Waals surface area contributed by atoms with Crippen molar-refractivity contribution in [3.05, 3.63) is 44.9 Å². The number of hydrogen-bond donors (Lipinski definition) is 2. The number of thiazole rings is 1. The molecule has 0 bridgehead atoms. The first kappa shape index (κ1) is 12.1. The standard InChI is InChI=1S/C13H14BrN3S/c14-9-2-3-11-8(5-9)1-4-12(11)16-6-10-7-17-13(15)18-10/h2-3,5,7,12,16H,1,4,6H2,(H2,15,17). The van der Waals surface area contributed by atoms with Crippen molar-refractivity contribution in [2.24, 2.45) is 0 Å². The Morgan fingerprint density at radius 3 is 3.17 bits per heavy atom. The van der Waals surface area contributed by atoms with E-state index in [1.165, 1.54) is 22.4 Å². The highest BCUT2D eigenvalue weighted by molar-refractivity contribution is 9.10. The SMILES string of the molecule is Nc1ncc(CNC2CCc3cc(Br)ccc32)s1. The van der Waals surface area contributed by atoms with E-state index in [-0.39, 0.29) is 0 Å². The summed E-state index contributed by atoms with van der Waals surface area (Å²) in [5, 5.41) is 4.23. The minimum atomic E-state index is 0.455. The van der Waals surface area contributed by atoms with Crippen molar-refractivity contribution in [2.45, 2.75) is 25.4 Å². The minimum absolute atomic E-state index is 0.455. The Balaban J connectivity index is 1.69. The first-order valence-electron chi connectivity index (χ1n) is 5.94. The molecule has 5 heteroatoms. The van der Waals surface area contributed by atoms with Crippen LogP contribution < -0.4 is 11.1 Å². The number of anilines is 1. The van der Waals surface area contributed by atoms with Crippen molar-refractivity contribution >= 4 is 32.4 Å². The van der Waals surface area contributed by atoms with Gasteiger partial charge >= 0.3 is 0 Å². The smallest absolute Gasteiger partial charge is 0.180 e. The monoisotopic (exact) mass is 323 g/mol. The number of aryl methyl sites for hydroxylation is 1. The highest BCUT2D eigenvalue weighted by Gasteiger charge is 2.21. The third-order valence-corrected chi connectivity index (χ3v) is 4.60. The minimum Gasteiger partial charge on any atom is -0.375 e. The molecule has 94 valence electrons. The maximum atomic E-state index is 5.63. The molecule has 3 nitrogen and oxygen atoms in total. The Bertz CT molecular complexity index is 567. The van der Waals surface area contributed by atoms with Gasteiger partial charge in [0.25, 0.3) is 0 Å². The number of nitrogens with two attached hydrogens (primary N) is 1. The van der Waals surface area contributed by atoms with Gasteiger partial charge in [-0.25, -0.2) is 4.98 Å². The molecular formula is C13H14BrN3S. The van der Waals surface area contributed by atoms with Gasteiger partial charge in [0.1, 0.15) is 0 Å². The molecule has 0 fully saturated rings. The Labute approximate surface area is 119 Å². The molecule has 3 rings (SSSR count). The molecule has 0 saturated carbocycles. The fourth-order valence-electron chi connectivity index (χ4n) is 2.43. The molecule has 0 radical (unpaired) electrons. The topological polar surface area (TPSA) is 50.9 Å². The number of nitrogens with one attached hydrogen (secondary N) is 1. The van der Waals surface area contributed by atoms with Gasteiger partial charge in [0.05, 0.1) is 0 Å². The van der Waals surface area contributed by atoms with Crippen LogP contribution in [0, 0.1) is 0 Å². The van der Waals surface area contributed by atoms with Crippen LogP contribution in [0.4, 0.5) is 5.13 Å². The lowest BCUT2D eigenvalue weighted by Gasteiger charge is -2.13. The van der Waals surface area contributed by atoms with Crippen LogP contribution in [0.5, 0.6) is 0 Å². The van der Waals surface area contributed by atoms with Gasteiger partial charge in [-0.05, 0) is 36.1 Å². The zero-order chi connectivity index (χ0) is 12.5. The van der Waals surface area contributed by atoms with E-state index in [9.17, 15) is 0 Å². The number of nitrogen functional groups attached to an aromatic ring is 1. The Morgan fingerprint density at radius 1 is 1.50 bits per heavy atom. The van der Waals surface area contributed by atoms with Crippen molar-refractivity contribution in [2.75, 3.05) is 5.73 Å². The third kappa shape index (κ3) is 2.43.